The molecule has 134 valence electrons. The molecule has 1 aromatic carbocycles. The lowest BCUT2D eigenvalue weighted by atomic mass is 10.0. The summed E-state index contributed by atoms with van der Waals surface area (Å²) in [6.07, 6.45) is 4.83. The normalized spacial score (nSPS) is 22.6. The van der Waals surface area contributed by atoms with Gasteiger partial charge >= 0.3 is 0 Å². The maximum Gasteiger partial charge on any atom is 0.177 e. The van der Waals surface area contributed by atoms with Crippen molar-refractivity contribution in [3.8, 4) is 0 Å². The maximum atomic E-state index is 5.37. The molecule has 0 unspecified atom stereocenters. The largest absolute Gasteiger partial charge is 0.379 e. The van der Waals surface area contributed by atoms with E-state index in [0.29, 0.717) is 0 Å². The predicted octanol–water partition coefficient (Wildman–Crippen LogP) is 2.29. The highest BCUT2D eigenvalue weighted by Crippen LogP contribution is 2.24. The molecule has 0 atom stereocenters. The van der Waals surface area contributed by atoms with E-state index in [-0.39, 0.29) is 0 Å². The molecule has 2 heterocycles. The molecule has 0 saturated carbocycles. The molecule has 0 aromatic heterocycles. The summed E-state index contributed by atoms with van der Waals surface area (Å²) in [5, 5.41) is 5.51. The van der Waals surface area contributed by atoms with Gasteiger partial charge in [0, 0.05) is 31.9 Å². The van der Waals surface area contributed by atoms with E-state index in [1.807, 2.05) is 0 Å². The first-order valence-corrected chi connectivity index (χ1v) is 10.3. The first kappa shape index (κ1) is 17.1. The fraction of sp³-hybridized carbons (Fsp3) is 0.579. The van der Waals surface area contributed by atoms with E-state index in [0.717, 1.165) is 62.4 Å². The lowest BCUT2D eigenvalue weighted by Gasteiger charge is -2.26. The van der Waals surface area contributed by atoms with Crippen molar-refractivity contribution < 1.29 is 4.74 Å². The van der Waals surface area contributed by atoms with Crippen LogP contribution < -0.4 is 5.43 Å². The summed E-state index contributed by atoms with van der Waals surface area (Å²) >= 11 is 1.76. The number of thioether (sulfide) groups is 1. The quantitative estimate of drug-likeness (QED) is 0.821. The van der Waals surface area contributed by atoms with E-state index in [1.165, 1.54) is 36.0 Å². The van der Waals surface area contributed by atoms with Crippen molar-refractivity contribution in [2.75, 3.05) is 45.1 Å². The number of hydrazone groups is 1. The SMILES string of the molecule is c1cc2c(cc1C1=NNC(=NCCCN3CCOCC3)SC1)CCC2. The molecule has 0 spiro atoms. The zero-order valence-corrected chi connectivity index (χ0v) is 15.5. The van der Waals surface area contributed by atoms with Gasteiger partial charge in [-0.15, -0.1) is 0 Å². The molecule has 0 radical (unpaired) electrons. The molecule has 2 aliphatic heterocycles. The minimum Gasteiger partial charge on any atom is -0.379 e. The standard InChI is InChI=1S/C19H26N4OS/c1-3-15-5-6-17(13-16(15)4-1)18-14-25-19(22-21-18)20-7-2-8-23-9-11-24-12-10-23/h5-6,13H,1-4,7-12,14H2,(H,20,22). The number of benzene rings is 1. The lowest BCUT2D eigenvalue weighted by Crippen LogP contribution is -2.37. The average molecular weight is 359 g/mol. The maximum absolute atomic E-state index is 5.37. The van der Waals surface area contributed by atoms with E-state index in [2.05, 4.69) is 38.6 Å². The van der Waals surface area contributed by atoms with Gasteiger partial charge in [0.2, 0.25) is 0 Å². The number of hydrogen-bond acceptors (Lipinski definition) is 5. The van der Waals surface area contributed by atoms with Gasteiger partial charge in [-0.25, -0.2) is 0 Å². The van der Waals surface area contributed by atoms with Crippen LogP contribution in [0.5, 0.6) is 0 Å². The summed E-state index contributed by atoms with van der Waals surface area (Å²) in [5.41, 5.74) is 8.55. The summed E-state index contributed by atoms with van der Waals surface area (Å²) in [7, 11) is 0. The molecule has 1 N–H and O–H groups in total. The minimum absolute atomic E-state index is 0.858. The number of aryl methyl sites for hydroxylation is 2. The molecule has 0 amide bonds. The van der Waals surface area contributed by atoms with Gasteiger partial charge in [0.05, 0.1) is 18.9 Å². The second-order valence-electron chi connectivity index (χ2n) is 6.79. The van der Waals surface area contributed by atoms with E-state index >= 15 is 0 Å². The fourth-order valence-corrected chi connectivity index (χ4v) is 4.39. The number of fused-ring (bicyclic) bond motifs is 1. The van der Waals surface area contributed by atoms with Crippen LogP contribution in [0.4, 0.5) is 0 Å². The summed E-state index contributed by atoms with van der Waals surface area (Å²) in [5.74, 6) is 0.897. The van der Waals surface area contributed by atoms with Gasteiger partial charge in [0.1, 0.15) is 0 Å². The molecular formula is C19H26N4OS. The zero-order chi connectivity index (χ0) is 16.9. The summed E-state index contributed by atoms with van der Waals surface area (Å²) in [6.45, 7) is 5.80. The van der Waals surface area contributed by atoms with Crippen LogP contribution in [-0.4, -0.2) is 60.9 Å². The van der Waals surface area contributed by atoms with Crippen molar-refractivity contribution in [3.05, 3.63) is 34.9 Å². The van der Waals surface area contributed by atoms with Gasteiger partial charge < -0.3 is 4.74 Å². The second-order valence-corrected chi connectivity index (χ2v) is 7.75. The number of morpholine rings is 1. The van der Waals surface area contributed by atoms with Crippen LogP contribution in [0, 0.1) is 0 Å². The van der Waals surface area contributed by atoms with E-state index in [4.69, 9.17) is 4.74 Å². The van der Waals surface area contributed by atoms with Gasteiger partial charge in [-0.3, -0.25) is 15.3 Å². The first-order chi connectivity index (χ1) is 12.4. The fourth-order valence-electron chi connectivity index (χ4n) is 3.60. The van der Waals surface area contributed by atoms with Crippen LogP contribution in [-0.2, 0) is 17.6 Å². The minimum atomic E-state index is 0.858. The monoisotopic (exact) mass is 358 g/mol. The number of ether oxygens (including phenoxy) is 1. The van der Waals surface area contributed by atoms with E-state index in [1.54, 1.807) is 11.8 Å². The molecule has 4 rings (SSSR count). The Kier molecular flexibility index (Phi) is 5.69. The molecule has 5 nitrogen and oxygen atoms in total. The van der Waals surface area contributed by atoms with Gasteiger partial charge in [-0.1, -0.05) is 23.9 Å². The van der Waals surface area contributed by atoms with Crippen molar-refractivity contribution in [1.82, 2.24) is 10.3 Å². The summed E-state index contributed by atoms with van der Waals surface area (Å²) in [4.78, 5) is 7.11. The van der Waals surface area contributed by atoms with Crippen LogP contribution in [0.25, 0.3) is 0 Å². The Morgan fingerprint density at radius 1 is 1.20 bits per heavy atom. The lowest BCUT2D eigenvalue weighted by molar-refractivity contribution is 0.0377. The van der Waals surface area contributed by atoms with Crippen LogP contribution >= 0.6 is 11.8 Å². The van der Waals surface area contributed by atoms with Gasteiger partial charge in [-0.2, -0.15) is 5.10 Å². The molecule has 1 aliphatic carbocycles. The highest BCUT2D eigenvalue weighted by atomic mass is 32.2. The topological polar surface area (TPSA) is 49.2 Å². The van der Waals surface area contributed by atoms with Crippen LogP contribution in [0.1, 0.15) is 29.5 Å². The average Bonchev–Trinajstić information content (AvgIpc) is 3.14. The third-order valence-corrected chi connectivity index (χ3v) is 5.97. The van der Waals surface area contributed by atoms with Crippen molar-refractivity contribution >= 4 is 22.6 Å². The number of hydrogen-bond donors (Lipinski definition) is 1. The molecule has 3 aliphatic rings. The molecule has 1 aromatic rings. The number of amidine groups is 1. The molecule has 0 bridgehead atoms. The number of aliphatic imine (C=N–C) groups is 1. The molecule has 1 fully saturated rings. The van der Waals surface area contributed by atoms with E-state index in [9.17, 15) is 0 Å². The van der Waals surface area contributed by atoms with Crippen LogP contribution in [0.2, 0.25) is 0 Å². The third-order valence-electron chi connectivity index (χ3n) is 5.06. The molecule has 1 saturated heterocycles. The van der Waals surface area contributed by atoms with Crippen molar-refractivity contribution in [1.29, 1.82) is 0 Å². The summed E-state index contributed by atoms with van der Waals surface area (Å²) in [6, 6.07) is 6.82. The van der Waals surface area contributed by atoms with Gasteiger partial charge in [0.15, 0.2) is 5.17 Å². The van der Waals surface area contributed by atoms with Crippen LogP contribution in [0.15, 0.2) is 28.3 Å². The van der Waals surface area contributed by atoms with Crippen molar-refractivity contribution in [3.63, 3.8) is 0 Å². The summed E-state index contributed by atoms with van der Waals surface area (Å²) < 4.78 is 5.37. The number of nitrogens with zero attached hydrogens (tertiary/aromatic N) is 3. The first-order valence-electron chi connectivity index (χ1n) is 9.30. The van der Waals surface area contributed by atoms with E-state index < -0.39 is 0 Å². The predicted molar refractivity (Wildman–Crippen MR) is 105 cm³/mol. The smallest absolute Gasteiger partial charge is 0.177 e. The van der Waals surface area contributed by atoms with Gasteiger partial charge in [-0.05, 0) is 48.4 Å². The Hall–Kier alpha value is -1.37. The number of nitrogens with one attached hydrogen (secondary N) is 1. The van der Waals surface area contributed by atoms with Crippen molar-refractivity contribution in [2.24, 2.45) is 10.1 Å². The molecule has 6 heteroatoms. The van der Waals surface area contributed by atoms with Crippen LogP contribution in [0.3, 0.4) is 0 Å². The Labute approximate surface area is 153 Å². The highest BCUT2D eigenvalue weighted by Gasteiger charge is 2.16. The Morgan fingerprint density at radius 3 is 2.92 bits per heavy atom. The zero-order valence-electron chi connectivity index (χ0n) is 14.7. The Balaban J connectivity index is 1.26. The highest BCUT2D eigenvalue weighted by molar-refractivity contribution is 8.14. The Bertz CT molecular complexity index is 667. The van der Waals surface area contributed by atoms with Gasteiger partial charge in [0.25, 0.3) is 0 Å². The molecule has 25 heavy (non-hydrogen) atoms. The Morgan fingerprint density at radius 2 is 2.08 bits per heavy atom. The number of rotatable bonds is 5. The third kappa shape index (κ3) is 4.43. The van der Waals surface area contributed by atoms with Crippen molar-refractivity contribution in [2.45, 2.75) is 25.7 Å². The second kappa shape index (κ2) is 8.34. The molecular weight excluding hydrogens is 332 g/mol.